The number of benzene rings is 1. The molecular formula is C18H27NO3. The van der Waals surface area contributed by atoms with Gasteiger partial charge in [0, 0.05) is 13.2 Å². The summed E-state index contributed by atoms with van der Waals surface area (Å²) in [6.45, 7) is 6.84. The third-order valence-electron chi connectivity index (χ3n) is 4.20. The molecule has 22 heavy (non-hydrogen) atoms. The zero-order chi connectivity index (χ0) is 15.8. The highest BCUT2D eigenvalue weighted by Gasteiger charge is 2.20. The molecule has 1 atom stereocenters. The van der Waals surface area contributed by atoms with Crippen molar-refractivity contribution in [3.63, 3.8) is 0 Å². The molecule has 1 heterocycles. The fourth-order valence-electron chi connectivity index (χ4n) is 2.86. The van der Waals surface area contributed by atoms with Gasteiger partial charge in [-0.25, -0.2) is 0 Å². The Kier molecular flexibility index (Phi) is 6.90. The minimum Gasteiger partial charge on any atom is -0.491 e. The van der Waals surface area contributed by atoms with Crippen LogP contribution in [0.1, 0.15) is 18.4 Å². The first kappa shape index (κ1) is 17.0. The van der Waals surface area contributed by atoms with E-state index >= 15 is 0 Å². The second-order valence-electron chi connectivity index (χ2n) is 5.99. The Labute approximate surface area is 133 Å². The number of piperidine rings is 1. The predicted octanol–water partition coefficient (Wildman–Crippen LogP) is 1.86. The maximum Gasteiger partial charge on any atom is 0.122 e. The van der Waals surface area contributed by atoms with Gasteiger partial charge in [0.25, 0.3) is 0 Å². The van der Waals surface area contributed by atoms with Crippen LogP contribution in [0.3, 0.4) is 0 Å². The monoisotopic (exact) mass is 305 g/mol. The van der Waals surface area contributed by atoms with E-state index in [1.165, 1.54) is 0 Å². The molecule has 1 aromatic carbocycles. The van der Waals surface area contributed by atoms with Crippen LogP contribution in [-0.2, 0) is 6.42 Å². The molecule has 4 nitrogen and oxygen atoms in total. The number of rotatable bonds is 8. The molecule has 0 aliphatic carbocycles. The maximum atomic E-state index is 10.2. The Balaban J connectivity index is 1.76. The fourth-order valence-corrected chi connectivity index (χ4v) is 2.86. The van der Waals surface area contributed by atoms with Gasteiger partial charge in [-0.15, -0.1) is 6.58 Å². The summed E-state index contributed by atoms with van der Waals surface area (Å²) in [6, 6.07) is 7.86. The Morgan fingerprint density at radius 2 is 2.05 bits per heavy atom. The average Bonchev–Trinajstić information content (AvgIpc) is 2.55. The van der Waals surface area contributed by atoms with E-state index in [1.807, 2.05) is 30.3 Å². The van der Waals surface area contributed by atoms with Crippen LogP contribution in [0, 0.1) is 5.92 Å². The number of nitrogens with zero attached hydrogens (tertiary/aromatic N) is 1. The molecule has 1 aliphatic rings. The lowest BCUT2D eigenvalue weighted by Gasteiger charge is -2.32. The molecule has 0 spiro atoms. The van der Waals surface area contributed by atoms with Crippen molar-refractivity contribution < 1.29 is 14.9 Å². The van der Waals surface area contributed by atoms with Gasteiger partial charge < -0.3 is 19.8 Å². The zero-order valence-electron chi connectivity index (χ0n) is 13.2. The number of β-amino-alcohol motifs (C(OH)–C–C–N with tert-alkyl or cyclic N) is 1. The number of likely N-dealkylation sites (tertiary alicyclic amines) is 1. The Hall–Kier alpha value is -1.36. The summed E-state index contributed by atoms with van der Waals surface area (Å²) in [5.74, 6) is 1.25. The molecule has 0 aromatic heterocycles. The van der Waals surface area contributed by atoms with Crippen molar-refractivity contribution in [2.24, 2.45) is 5.92 Å². The highest BCUT2D eigenvalue weighted by molar-refractivity contribution is 5.34. The van der Waals surface area contributed by atoms with E-state index in [2.05, 4.69) is 11.5 Å². The van der Waals surface area contributed by atoms with Crippen LogP contribution in [0.2, 0.25) is 0 Å². The lowest BCUT2D eigenvalue weighted by Crippen LogP contribution is -2.41. The molecule has 1 saturated heterocycles. The van der Waals surface area contributed by atoms with Gasteiger partial charge in [0.15, 0.2) is 0 Å². The van der Waals surface area contributed by atoms with Crippen LogP contribution in [0.4, 0.5) is 0 Å². The lowest BCUT2D eigenvalue weighted by molar-refractivity contribution is 0.0487. The van der Waals surface area contributed by atoms with Crippen LogP contribution in [-0.4, -0.2) is 54.1 Å². The average molecular weight is 305 g/mol. The van der Waals surface area contributed by atoms with E-state index in [0.717, 1.165) is 43.7 Å². The summed E-state index contributed by atoms with van der Waals surface area (Å²) in [6.07, 6.45) is 4.13. The van der Waals surface area contributed by atoms with Crippen molar-refractivity contribution in [3.05, 3.63) is 42.5 Å². The molecule has 1 fully saturated rings. The van der Waals surface area contributed by atoms with Gasteiger partial charge >= 0.3 is 0 Å². The first-order valence-electron chi connectivity index (χ1n) is 8.05. The van der Waals surface area contributed by atoms with Crippen molar-refractivity contribution in [1.82, 2.24) is 4.90 Å². The summed E-state index contributed by atoms with van der Waals surface area (Å²) in [5, 5.41) is 19.3. The van der Waals surface area contributed by atoms with Crippen LogP contribution in [0.5, 0.6) is 5.75 Å². The topological polar surface area (TPSA) is 52.9 Å². The Morgan fingerprint density at radius 1 is 1.32 bits per heavy atom. The van der Waals surface area contributed by atoms with Crippen molar-refractivity contribution in [1.29, 1.82) is 0 Å². The van der Waals surface area contributed by atoms with Crippen molar-refractivity contribution >= 4 is 0 Å². The van der Waals surface area contributed by atoms with Gasteiger partial charge in [0.2, 0.25) is 0 Å². The van der Waals surface area contributed by atoms with Crippen LogP contribution >= 0.6 is 0 Å². The summed E-state index contributed by atoms with van der Waals surface area (Å²) >= 11 is 0. The van der Waals surface area contributed by atoms with E-state index < -0.39 is 6.10 Å². The standard InChI is InChI=1S/C18H27NO3/c1-2-5-16-6-3-4-7-18(16)22-14-17(21)12-19-10-8-15(13-20)9-11-19/h2-4,6-7,15,17,20-21H,1,5,8-14H2. The number of aliphatic hydroxyl groups is 2. The van der Waals surface area contributed by atoms with E-state index in [0.29, 0.717) is 19.1 Å². The predicted molar refractivity (Wildman–Crippen MR) is 88.1 cm³/mol. The molecule has 0 radical (unpaired) electrons. The van der Waals surface area contributed by atoms with Crippen LogP contribution < -0.4 is 4.74 Å². The first-order chi connectivity index (χ1) is 10.7. The molecule has 1 aromatic rings. The molecule has 0 saturated carbocycles. The fraction of sp³-hybridized carbons (Fsp3) is 0.556. The largest absolute Gasteiger partial charge is 0.491 e. The number of allylic oxidation sites excluding steroid dienone is 1. The van der Waals surface area contributed by atoms with E-state index in [9.17, 15) is 5.11 Å². The molecule has 2 rings (SSSR count). The second-order valence-corrected chi connectivity index (χ2v) is 5.99. The number of ether oxygens (including phenoxy) is 1. The van der Waals surface area contributed by atoms with Gasteiger partial charge in [-0.3, -0.25) is 0 Å². The van der Waals surface area contributed by atoms with E-state index in [4.69, 9.17) is 9.84 Å². The number of para-hydroxylation sites is 1. The first-order valence-corrected chi connectivity index (χ1v) is 8.05. The third-order valence-corrected chi connectivity index (χ3v) is 4.20. The molecular weight excluding hydrogens is 278 g/mol. The zero-order valence-corrected chi connectivity index (χ0v) is 13.2. The maximum absolute atomic E-state index is 10.2. The molecule has 4 heteroatoms. The van der Waals surface area contributed by atoms with Gasteiger partial charge in [-0.05, 0) is 49.9 Å². The van der Waals surface area contributed by atoms with Gasteiger partial charge in [0.1, 0.15) is 18.5 Å². The SMILES string of the molecule is C=CCc1ccccc1OCC(O)CN1CCC(CO)CC1. The highest BCUT2D eigenvalue weighted by atomic mass is 16.5. The molecule has 0 amide bonds. The number of aliphatic hydroxyl groups excluding tert-OH is 2. The molecule has 0 bridgehead atoms. The molecule has 2 N–H and O–H groups in total. The van der Waals surface area contributed by atoms with Crippen molar-refractivity contribution in [3.8, 4) is 5.75 Å². The molecule has 1 aliphatic heterocycles. The molecule has 1 unspecified atom stereocenters. The van der Waals surface area contributed by atoms with Crippen molar-refractivity contribution in [2.45, 2.75) is 25.4 Å². The summed E-state index contributed by atoms with van der Waals surface area (Å²) in [5.41, 5.74) is 1.09. The summed E-state index contributed by atoms with van der Waals surface area (Å²) < 4.78 is 5.77. The second kappa shape index (κ2) is 8.93. The Bertz CT molecular complexity index is 455. The van der Waals surface area contributed by atoms with Crippen LogP contribution in [0.15, 0.2) is 36.9 Å². The van der Waals surface area contributed by atoms with E-state index in [1.54, 1.807) is 0 Å². The summed E-state index contributed by atoms with van der Waals surface area (Å²) in [4.78, 5) is 2.25. The lowest BCUT2D eigenvalue weighted by atomic mass is 9.98. The number of hydrogen-bond acceptors (Lipinski definition) is 4. The van der Waals surface area contributed by atoms with E-state index in [-0.39, 0.29) is 6.61 Å². The van der Waals surface area contributed by atoms with Crippen molar-refractivity contribution in [2.75, 3.05) is 32.8 Å². The van der Waals surface area contributed by atoms with Crippen LogP contribution in [0.25, 0.3) is 0 Å². The normalized spacial score (nSPS) is 18.1. The minimum absolute atomic E-state index is 0.277. The quantitative estimate of drug-likeness (QED) is 0.720. The minimum atomic E-state index is -0.498. The van der Waals surface area contributed by atoms with Gasteiger partial charge in [0.05, 0.1) is 0 Å². The highest BCUT2D eigenvalue weighted by Crippen LogP contribution is 2.20. The van der Waals surface area contributed by atoms with Gasteiger partial charge in [-0.2, -0.15) is 0 Å². The third kappa shape index (κ3) is 5.13. The van der Waals surface area contributed by atoms with Gasteiger partial charge in [-0.1, -0.05) is 24.3 Å². The summed E-state index contributed by atoms with van der Waals surface area (Å²) in [7, 11) is 0. The number of hydrogen-bond donors (Lipinski definition) is 2. The molecule has 122 valence electrons. The Morgan fingerprint density at radius 3 is 2.73 bits per heavy atom. The smallest absolute Gasteiger partial charge is 0.122 e.